The van der Waals surface area contributed by atoms with Crippen molar-refractivity contribution in [2.24, 2.45) is 0 Å². The Kier molecular flexibility index (Phi) is 6.27. The Morgan fingerprint density at radius 2 is 2.00 bits per heavy atom. The molecule has 1 aromatic carbocycles. The van der Waals surface area contributed by atoms with Crippen molar-refractivity contribution >= 4 is 39.9 Å². The van der Waals surface area contributed by atoms with Gasteiger partial charge in [0.25, 0.3) is 0 Å². The fourth-order valence-electron chi connectivity index (χ4n) is 3.61. The Hall–Kier alpha value is -3.26. The van der Waals surface area contributed by atoms with Crippen LogP contribution in [0.5, 0.6) is 0 Å². The highest BCUT2D eigenvalue weighted by molar-refractivity contribution is 7.14. The van der Waals surface area contributed by atoms with Crippen LogP contribution in [0.4, 0.5) is 16.6 Å². The molecule has 8 heteroatoms. The number of pyridine rings is 1. The second-order valence-corrected chi connectivity index (χ2v) is 8.30. The van der Waals surface area contributed by atoms with Crippen molar-refractivity contribution in [3.8, 4) is 0 Å². The highest BCUT2D eigenvalue weighted by atomic mass is 32.1. The minimum absolute atomic E-state index is 0.0310. The van der Waals surface area contributed by atoms with Crippen LogP contribution in [0.3, 0.4) is 0 Å². The second-order valence-electron chi connectivity index (χ2n) is 7.46. The molecule has 1 aliphatic rings. The summed E-state index contributed by atoms with van der Waals surface area (Å²) < 4.78 is 5.53. The van der Waals surface area contributed by atoms with E-state index in [9.17, 15) is 9.59 Å². The normalized spacial score (nSPS) is 13.3. The van der Waals surface area contributed by atoms with Gasteiger partial charge in [-0.1, -0.05) is 12.1 Å². The van der Waals surface area contributed by atoms with Crippen LogP contribution >= 0.6 is 11.3 Å². The minimum Gasteiger partial charge on any atom is -0.455 e. The largest absolute Gasteiger partial charge is 0.455 e. The Morgan fingerprint density at radius 3 is 2.74 bits per heavy atom. The number of thiazole rings is 1. The fraction of sp³-hybridized carbons (Fsp3) is 0.304. The van der Waals surface area contributed by atoms with Crippen LogP contribution in [0.1, 0.15) is 41.4 Å². The molecule has 0 aliphatic carbocycles. The van der Waals surface area contributed by atoms with Crippen LogP contribution in [0, 0.1) is 6.92 Å². The Balaban J connectivity index is 1.47. The third kappa shape index (κ3) is 4.74. The van der Waals surface area contributed by atoms with Crippen molar-refractivity contribution < 1.29 is 14.3 Å². The molecular formula is C23H24N4O3S. The monoisotopic (exact) mass is 436 g/mol. The van der Waals surface area contributed by atoms with Crippen LogP contribution in [0.2, 0.25) is 0 Å². The summed E-state index contributed by atoms with van der Waals surface area (Å²) >= 11 is 1.34. The molecule has 0 bridgehead atoms. The number of amides is 1. The lowest BCUT2D eigenvalue weighted by atomic mass is 10.2. The molecule has 0 N–H and O–H groups in total. The molecular weight excluding hydrogens is 412 g/mol. The van der Waals surface area contributed by atoms with E-state index in [0.29, 0.717) is 22.2 Å². The number of nitrogens with zero attached hydrogens (tertiary/aromatic N) is 4. The SMILES string of the molecule is CC(=O)N(c1cccc(C)c1)c1nc(COC(=O)c2cccnc2N2CCCC2)cs1. The first kappa shape index (κ1) is 21.0. The average molecular weight is 437 g/mol. The van der Waals surface area contributed by atoms with E-state index in [1.54, 1.807) is 28.6 Å². The van der Waals surface area contributed by atoms with E-state index in [1.165, 1.54) is 18.3 Å². The summed E-state index contributed by atoms with van der Waals surface area (Å²) in [7, 11) is 0. The van der Waals surface area contributed by atoms with E-state index in [1.807, 2.05) is 31.2 Å². The quantitative estimate of drug-likeness (QED) is 0.530. The maximum atomic E-state index is 12.7. The van der Waals surface area contributed by atoms with Crippen molar-refractivity contribution in [1.29, 1.82) is 0 Å². The maximum absolute atomic E-state index is 12.7. The number of hydrogen-bond donors (Lipinski definition) is 0. The number of ether oxygens (including phenoxy) is 1. The maximum Gasteiger partial charge on any atom is 0.342 e. The van der Waals surface area contributed by atoms with Crippen LogP contribution in [-0.4, -0.2) is 34.9 Å². The van der Waals surface area contributed by atoms with Gasteiger partial charge in [0.2, 0.25) is 5.91 Å². The van der Waals surface area contributed by atoms with Gasteiger partial charge in [-0.15, -0.1) is 11.3 Å². The summed E-state index contributed by atoms with van der Waals surface area (Å²) in [6.07, 6.45) is 3.89. The van der Waals surface area contributed by atoms with Gasteiger partial charge in [-0.05, 0) is 49.6 Å². The van der Waals surface area contributed by atoms with Crippen LogP contribution < -0.4 is 9.80 Å². The molecule has 1 aliphatic heterocycles. The number of rotatable bonds is 6. The van der Waals surface area contributed by atoms with Gasteiger partial charge >= 0.3 is 5.97 Å². The van der Waals surface area contributed by atoms with E-state index < -0.39 is 5.97 Å². The lowest BCUT2D eigenvalue weighted by Gasteiger charge is -2.19. The number of hydrogen-bond acceptors (Lipinski definition) is 7. The van der Waals surface area contributed by atoms with Gasteiger partial charge in [0.1, 0.15) is 18.0 Å². The van der Waals surface area contributed by atoms with Gasteiger partial charge in [0.15, 0.2) is 5.13 Å². The summed E-state index contributed by atoms with van der Waals surface area (Å²) in [6, 6.07) is 11.2. The van der Waals surface area contributed by atoms with Gasteiger partial charge in [-0.3, -0.25) is 9.69 Å². The van der Waals surface area contributed by atoms with Gasteiger partial charge < -0.3 is 9.64 Å². The molecule has 0 spiro atoms. The first-order valence-corrected chi connectivity index (χ1v) is 11.1. The first-order chi connectivity index (χ1) is 15.0. The van der Waals surface area contributed by atoms with Gasteiger partial charge in [-0.2, -0.15) is 0 Å². The molecule has 1 fully saturated rings. The third-order valence-corrected chi connectivity index (χ3v) is 5.94. The van der Waals surface area contributed by atoms with E-state index in [-0.39, 0.29) is 12.5 Å². The van der Waals surface area contributed by atoms with E-state index in [2.05, 4.69) is 14.9 Å². The molecule has 0 saturated carbocycles. The Morgan fingerprint density at radius 1 is 1.19 bits per heavy atom. The van der Waals surface area contributed by atoms with Crippen molar-refractivity contribution in [2.45, 2.75) is 33.3 Å². The lowest BCUT2D eigenvalue weighted by molar-refractivity contribution is -0.115. The van der Waals surface area contributed by atoms with E-state index >= 15 is 0 Å². The molecule has 3 heterocycles. The molecule has 31 heavy (non-hydrogen) atoms. The topological polar surface area (TPSA) is 75.6 Å². The van der Waals surface area contributed by atoms with Gasteiger partial charge in [0, 0.05) is 31.6 Å². The zero-order chi connectivity index (χ0) is 21.8. The molecule has 1 saturated heterocycles. The van der Waals surface area contributed by atoms with Crippen molar-refractivity contribution in [2.75, 3.05) is 22.9 Å². The number of carbonyl (C=O) groups excluding carboxylic acids is 2. The fourth-order valence-corrected chi connectivity index (χ4v) is 4.49. The third-order valence-electron chi connectivity index (χ3n) is 5.07. The Bertz CT molecular complexity index is 1090. The smallest absolute Gasteiger partial charge is 0.342 e. The number of anilines is 3. The zero-order valence-corrected chi connectivity index (χ0v) is 18.4. The predicted molar refractivity (Wildman–Crippen MR) is 121 cm³/mol. The van der Waals surface area contributed by atoms with Crippen LogP contribution in [0.25, 0.3) is 0 Å². The van der Waals surface area contributed by atoms with Crippen molar-refractivity contribution in [1.82, 2.24) is 9.97 Å². The predicted octanol–water partition coefficient (Wildman–Crippen LogP) is 4.49. The summed E-state index contributed by atoms with van der Waals surface area (Å²) in [5.74, 6) is 0.118. The zero-order valence-electron chi connectivity index (χ0n) is 17.6. The van der Waals surface area contributed by atoms with Crippen LogP contribution in [0.15, 0.2) is 48.0 Å². The molecule has 1 amide bonds. The average Bonchev–Trinajstić information content (AvgIpc) is 3.45. The highest BCUT2D eigenvalue weighted by Gasteiger charge is 2.22. The molecule has 7 nitrogen and oxygen atoms in total. The van der Waals surface area contributed by atoms with Crippen LogP contribution in [-0.2, 0) is 16.1 Å². The van der Waals surface area contributed by atoms with Crippen molar-refractivity contribution in [3.05, 3.63) is 64.8 Å². The van der Waals surface area contributed by atoms with Crippen molar-refractivity contribution in [3.63, 3.8) is 0 Å². The number of benzene rings is 1. The summed E-state index contributed by atoms with van der Waals surface area (Å²) in [4.78, 5) is 37.6. The molecule has 0 radical (unpaired) electrons. The Labute approximate surface area is 185 Å². The molecule has 3 aromatic rings. The second kappa shape index (κ2) is 9.26. The van der Waals surface area contributed by atoms with Gasteiger partial charge in [-0.25, -0.2) is 14.8 Å². The highest BCUT2D eigenvalue weighted by Crippen LogP contribution is 2.30. The molecule has 2 aromatic heterocycles. The number of aryl methyl sites for hydroxylation is 1. The molecule has 160 valence electrons. The van der Waals surface area contributed by atoms with E-state index in [4.69, 9.17) is 4.74 Å². The summed E-state index contributed by atoms with van der Waals surface area (Å²) in [6.45, 7) is 5.30. The van der Waals surface area contributed by atoms with Gasteiger partial charge in [0.05, 0.1) is 11.4 Å². The summed E-state index contributed by atoms with van der Waals surface area (Å²) in [5, 5.41) is 2.35. The summed E-state index contributed by atoms with van der Waals surface area (Å²) in [5.41, 5.74) is 2.87. The first-order valence-electron chi connectivity index (χ1n) is 10.2. The number of esters is 1. The molecule has 4 rings (SSSR count). The number of aromatic nitrogens is 2. The lowest BCUT2D eigenvalue weighted by Crippen LogP contribution is -2.23. The van der Waals surface area contributed by atoms with E-state index in [0.717, 1.165) is 37.2 Å². The molecule has 0 unspecified atom stereocenters. The molecule has 0 atom stereocenters. The number of carbonyl (C=O) groups is 2. The minimum atomic E-state index is -0.424. The standard InChI is InChI=1S/C23H24N4O3S/c1-16-7-5-8-19(13-16)27(17(2)28)23-25-18(15-31-23)14-30-22(29)20-9-6-10-24-21(20)26-11-3-4-12-26/h5-10,13,15H,3-4,11-12,14H2,1-2H3.